The summed E-state index contributed by atoms with van der Waals surface area (Å²) in [4.78, 5) is 24.1. The summed E-state index contributed by atoms with van der Waals surface area (Å²) in [6, 6.07) is 13.8. The SMILES string of the molecule is CCCCCCOc1ccc(/C=C(\C#N)C(=O)Nc2cccc(C(C)=O)c2)cc1OC. The summed E-state index contributed by atoms with van der Waals surface area (Å²) in [5.74, 6) is 0.501. The second-order valence-corrected chi connectivity index (χ2v) is 7.08. The summed E-state index contributed by atoms with van der Waals surface area (Å²) in [7, 11) is 1.55. The molecule has 2 rings (SSSR count). The van der Waals surface area contributed by atoms with Crippen LogP contribution in [-0.4, -0.2) is 25.4 Å². The Hall–Kier alpha value is -3.59. The zero-order valence-electron chi connectivity index (χ0n) is 18.2. The smallest absolute Gasteiger partial charge is 0.266 e. The first kappa shape index (κ1) is 23.7. The third-order valence-corrected chi connectivity index (χ3v) is 4.65. The molecule has 0 bridgehead atoms. The molecule has 2 aromatic carbocycles. The van der Waals surface area contributed by atoms with Crippen molar-refractivity contribution < 1.29 is 19.1 Å². The van der Waals surface area contributed by atoms with Crippen molar-refractivity contribution in [3.05, 3.63) is 59.2 Å². The largest absolute Gasteiger partial charge is 0.493 e. The summed E-state index contributed by atoms with van der Waals surface area (Å²) in [6.45, 7) is 4.22. The van der Waals surface area contributed by atoms with Crippen LogP contribution in [0.25, 0.3) is 6.08 Å². The van der Waals surface area contributed by atoms with Gasteiger partial charge in [-0.1, -0.05) is 44.4 Å². The molecule has 6 nitrogen and oxygen atoms in total. The molecular formula is C25H28N2O4. The predicted molar refractivity (Wildman–Crippen MR) is 121 cm³/mol. The normalized spacial score (nSPS) is 10.8. The summed E-state index contributed by atoms with van der Waals surface area (Å²) >= 11 is 0. The number of ether oxygens (including phenoxy) is 2. The van der Waals surface area contributed by atoms with Gasteiger partial charge in [-0.25, -0.2) is 0 Å². The first-order valence-electron chi connectivity index (χ1n) is 10.3. The molecule has 0 spiro atoms. The molecule has 2 aromatic rings. The monoisotopic (exact) mass is 420 g/mol. The first-order chi connectivity index (χ1) is 15.0. The lowest BCUT2D eigenvalue weighted by atomic mass is 10.1. The molecule has 0 aliphatic rings. The minimum absolute atomic E-state index is 0.0662. The van der Waals surface area contributed by atoms with Crippen LogP contribution in [0.5, 0.6) is 11.5 Å². The molecule has 0 saturated carbocycles. The van der Waals surface area contributed by atoms with Crippen LogP contribution in [0, 0.1) is 11.3 Å². The number of unbranched alkanes of at least 4 members (excludes halogenated alkanes) is 3. The Bertz CT molecular complexity index is 989. The summed E-state index contributed by atoms with van der Waals surface area (Å²) < 4.78 is 11.2. The van der Waals surface area contributed by atoms with Crippen molar-refractivity contribution in [2.24, 2.45) is 0 Å². The maximum Gasteiger partial charge on any atom is 0.266 e. The van der Waals surface area contributed by atoms with E-state index < -0.39 is 5.91 Å². The highest BCUT2D eigenvalue weighted by molar-refractivity contribution is 6.10. The molecule has 1 N–H and O–H groups in total. The number of Topliss-reactive ketones (excluding diaryl/α,β-unsaturated/α-hetero) is 1. The van der Waals surface area contributed by atoms with Crippen LogP contribution in [-0.2, 0) is 4.79 Å². The zero-order chi connectivity index (χ0) is 22.6. The van der Waals surface area contributed by atoms with Crippen LogP contribution in [0.3, 0.4) is 0 Å². The Balaban J connectivity index is 2.12. The molecule has 0 atom stereocenters. The minimum Gasteiger partial charge on any atom is -0.493 e. The molecule has 0 fully saturated rings. The number of carbonyl (C=O) groups is 2. The third kappa shape index (κ3) is 7.31. The molecule has 0 unspecified atom stereocenters. The summed E-state index contributed by atoms with van der Waals surface area (Å²) in [5.41, 5.74) is 1.50. The molecule has 0 aromatic heterocycles. The second-order valence-electron chi connectivity index (χ2n) is 7.08. The fourth-order valence-corrected chi connectivity index (χ4v) is 2.93. The Kier molecular flexibility index (Phi) is 9.31. The molecule has 0 saturated heterocycles. The van der Waals surface area contributed by atoms with E-state index in [0.29, 0.717) is 34.9 Å². The lowest BCUT2D eigenvalue weighted by Gasteiger charge is -2.11. The first-order valence-corrected chi connectivity index (χ1v) is 10.3. The maximum atomic E-state index is 12.5. The molecule has 0 radical (unpaired) electrons. The number of hydrogen-bond acceptors (Lipinski definition) is 5. The molecule has 0 heterocycles. The van der Waals surface area contributed by atoms with E-state index in [1.54, 1.807) is 49.6 Å². The van der Waals surface area contributed by atoms with Gasteiger partial charge in [-0.2, -0.15) is 5.26 Å². The molecule has 0 aliphatic heterocycles. The van der Waals surface area contributed by atoms with Gasteiger partial charge < -0.3 is 14.8 Å². The second kappa shape index (κ2) is 12.2. The van der Waals surface area contributed by atoms with Crippen LogP contribution in [0.2, 0.25) is 0 Å². The number of carbonyl (C=O) groups excluding carboxylic acids is 2. The summed E-state index contributed by atoms with van der Waals surface area (Å²) in [5, 5.41) is 12.1. The number of ketones is 1. The average Bonchev–Trinajstić information content (AvgIpc) is 2.77. The number of nitrogens with zero attached hydrogens (tertiary/aromatic N) is 1. The van der Waals surface area contributed by atoms with Crippen molar-refractivity contribution in [3.63, 3.8) is 0 Å². The summed E-state index contributed by atoms with van der Waals surface area (Å²) in [6.07, 6.45) is 5.93. The minimum atomic E-state index is -0.557. The van der Waals surface area contributed by atoms with E-state index in [2.05, 4.69) is 12.2 Å². The van der Waals surface area contributed by atoms with Crippen LogP contribution < -0.4 is 14.8 Å². The van der Waals surface area contributed by atoms with Crippen molar-refractivity contribution in [1.29, 1.82) is 5.26 Å². The van der Waals surface area contributed by atoms with Gasteiger partial charge >= 0.3 is 0 Å². The Morgan fingerprint density at radius 2 is 1.90 bits per heavy atom. The van der Waals surface area contributed by atoms with E-state index in [1.807, 2.05) is 6.07 Å². The lowest BCUT2D eigenvalue weighted by molar-refractivity contribution is -0.112. The number of amides is 1. The highest BCUT2D eigenvalue weighted by atomic mass is 16.5. The van der Waals surface area contributed by atoms with Crippen LogP contribution in [0.15, 0.2) is 48.0 Å². The average molecular weight is 421 g/mol. The maximum absolute atomic E-state index is 12.5. The van der Waals surface area contributed by atoms with E-state index >= 15 is 0 Å². The van der Waals surface area contributed by atoms with Crippen LogP contribution in [0.4, 0.5) is 5.69 Å². The number of hydrogen-bond donors (Lipinski definition) is 1. The lowest BCUT2D eigenvalue weighted by Crippen LogP contribution is -2.13. The molecule has 1 amide bonds. The molecule has 0 aliphatic carbocycles. The van der Waals surface area contributed by atoms with E-state index in [1.165, 1.54) is 25.8 Å². The number of methoxy groups -OCH3 is 1. The zero-order valence-corrected chi connectivity index (χ0v) is 18.2. The Morgan fingerprint density at radius 1 is 1.10 bits per heavy atom. The highest BCUT2D eigenvalue weighted by Gasteiger charge is 2.12. The van der Waals surface area contributed by atoms with Crippen molar-refractivity contribution >= 4 is 23.5 Å². The third-order valence-electron chi connectivity index (χ3n) is 4.65. The standard InChI is InChI=1S/C25H28N2O4/c1-4-5-6-7-13-31-23-12-11-19(15-24(23)30-3)14-21(17-26)25(29)27-22-10-8-9-20(16-22)18(2)28/h8-12,14-16H,4-7,13H2,1-3H3,(H,27,29)/b21-14+. The molecular weight excluding hydrogens is 392 g/mol. The van der Waals surface area contributed by atoms with Gasteiger partial charge in [-0.15, -0.1) is 0 Å². The van der Waals surface area contributed by atoms with Gasteiger partial charge in [-0.05, 0) is 49.2 Å². The number of benzene rings is 2. The van der Waals surface area contributed by atoms with Crippen molar-refractivity contribution in [2.45, 2.75) is 39.5 Å². The Morgan fingerprint density at radius 3 is 2.58 bits per heavy atom. The quantitative estimate of drug-likeness (QED) is 0.227. The van der Waals surface area contributed by atoms with Gasteiger partial charge in [0.05, 0.1) is 13.7 Å². The van der Waals surface area contributed by atoms with Crippen molar-refractivity contribution in [3.8, 4) is 17.6 Å². The van der Waals surface area contributed by atoms with Gasteiger partial charge in [0.25, 0.3) is 5.91 Å². The fourth-order valence-electron chi connectivity index (χ4n) is 2.93. The van der Waals surface area contributed by atoms with Crippen LogP contribution >= 0.6 is 0 Å². The van der Waals surface area contributed by atoms with E-state index in [9.17, 15) is 14.9 Å². The number of anilines is 1. The molecule has 162 valence electrons. The van der Waals surface area contributed by atoms with Gasteiger partial charge in [0, 0.05) is 11.3 Å². The number of rotatable bonds is 11. The predicted octanol–water partition coefficient (Wildman–Crippen LogP) is 5.40. The molecule has 31 heavy (non-hydrogen) atoms. The number of nitrogens with one attached hydrogen (secondary N) is 1. The van der Waals surface area contributed by atoms with Crippen molar-refractivity contribution in [2.75, 3.05) is 19.0 Å². The van der Waals surface area contributed by atoms with E-state index in [4.69, 9.17) is 9.47 Å². The van der Waals surface area contributed by atoms with Gasteiger partial charge in [0.1, 0.15) is 11.6 Å². The Labute approximate surface area is 183 Å². The van der Waals surface area contributed by atoms with Gasteiger partial charge in [0.2, 0.25) is 0 Å². The fraction of sp³-hybridized carbons (Fsp3) is 0.320. The topological polar surface area (TPSA) is 88.4 Å². The highest BCUT2D eigenvalue weighted by Crippen LogP contribution is 2.29. The van der Waals surface area contributed by atoms with E-state index in [0.717, 1.165) is 12.8 Å². The molecule has 6 heteroatoms. The van der Waals surface area contributed by atoms with Crippen molar-refractivity contribution in [1.82, 2.24) is 0 Å². The number of nitriles is 1. The van der Waals surface area contributed by atoms with Gasteiger partial charge in [0.15, 0.2) is 17.3 Å². The van der Waals surface area contributed by atoms with E-state index in [-0.39, 0.29) is 11.4 Å². The van der Waals surface area contributed by atoms with Gasteiger partial charge in [-0.3, -0.25) is 9.59 Å². The van der Waals surface area contributed by atoms with Crippen LogP contribution in [0.1, 0.15) is 55.5 Å².